The van der Waals surface area contributed by atoms with Gasteiger partial charge in [0.15, 0.2) is 4.96 Å². The number of anilines is 1. The second-order valence-electron chi connectivity index (χ2n) is 6.61. The van der Waals surface area contributed by atoms with E-state index in [1.54, 1.807) is 41.7 Å². The third kappa shape index (κ3) is 3.36. The fourth-order valence-electron chi connectivity index (χ4n) is 3.19. The Morgan fingerprint density at radius 3 is 2.77 bits per heavy atom. The number of carbonyl (C=O) groups is 1. The molecular formula is C20H15N5O3S2. The van der Waals surface area contributed by atoms with E-state index in [0.717, 1.165) is 16.2 Å². The van der Waals surface area contributed by atoms with E-state index in [9.17, 15) is 13.2 Å². The summed E-state index contributed by atoms with van der Waals surface area (Å²) < 4.78 is 28.5. The number of sulfonamides is 1. The van der Waals surface area contributed by atoms with Crippen LogP contribution in [0.4, 0.5) is 5.69 Å². The minimum atomic E-state index is -3.62. The van der Waals surface area contributed by atoms with E-state index in [1.807, 2.05) is 34.3 Å². The average Bonchev–Trinajstić information content (AvgIpc) is 3.40. The Balaban J connectivity index is 1.27. The van der Waals surface area contributed by atoms with E-state index in [1.165, 1.54) is 6.07 Å². The molecule has 150 valence electrons. The topological polar surface area (TPSA) is 105 Å². The van der Waals surface area contributed by atoms with Gasteiger partial charge in [-0.3, -0.25) is 18.9 Å². The van der Waals surface area contributed by atoms with Crippen LogP contribution in [0.3, 0.4) is 0 Å². The van der Waals surface area contributed by atoms with E-state index in [-0.39, 0.29) is 23.2 Å². The largest absolute Gasteiger partial charge is 0.324 e. The van der Waals surface area contributed by atoms with Gasteiger partial charge in [0.05, 0.1) is 10.6 Å². The number of nitrogens with one attached hydrogen (secondary N) is 2. The van der Waals surface area contributed by atoms with E-state index < -0.39 is 10.0 Å². The molecule has 1 aliphatic heterocycles. The molecule has 1 amide bonds. The van der Waals surface area contributed by atoms with Crippen molar-refractivity contribution < 1.29 is 13.2 Å². The highest BCUT2D eigenvalue weighted by Crippen LogP contribution is 2.24. The van der Waals surface area contributed by atoms with Crippen molar-refractivity contribution in [2.24, 2.45) is 4.99 Å². The van der Waals surface area contributed by atoms with Gasteiger partial charge < -0.3 is 5.32 Å². The molecule has 2 aromatic carbocycles. The van der Waals surface area contributed by atoms with Crippen molar-refractivity contribution in [3.63, 3.8) is 0 Å². The third-order valence-corrected chi connectivity index (χ3v) is 6.77. The predicted molar refractivity (Wildman–Crippen MR) is 115 cm³/mol. The highest BCUT2D eigenvalue weighted by atomic mass is 32.2. The molecule has 0 radical (unpaired) electrons. The van der Waals surface area contributed by atoms with E-state index in [0.29, 0.717) is 11.3 Å². The SMILES string of the molecule is O=C(CN=C1NS(=O)(=O)c2ccccc21)Nc1ccc(-c2cn3ccsc3n2)cc1. The van der Waals surface area contributed by atoms with Crippen LogP contribution < -0.4 is 10.0 Å². The molecule has 0 bridgehead atoms. The van der Waals surface area contributed by atoms with Crippen LogP contribution in [-0.2, 0) is 14.8 Å². The highest BCUT2D eigenvalue weighted by Gasteiger charge is 2.30. The predicted octanol–water partition coefficient (Wildman–Crippen LogP) is 2.74. The van der Waals surface area contributed by atoms with Crippen molar-refractivity contribution in [1.29, 1.82) is 0 Å². The first-order chi connectivity index (χ1) is 14.5. The Morgan fingerprint density at radius 1 is 1.17 bits per heavy atom. The van der Waals surface area contributed by atoms with Crippen LogP contribution in [-0.4, -0.2) is 36.1 Å². The molecule has 2 aromatic heterocycles. The number of carbonyl (C=O) groups excluding carboxylic acids is 1. The smallest absolute Gasteiger partial charge is 0.263 e. The van der Waals surface area contributed by atoms with Gasteiger partial charge in [-0.25, -0.2) is 13.4 Å². The molecule has 4 aromatic rings. The fraction of sp³-hybridized carbons (Fsp3) is 0.0500. The molecule has 0 spiro atoms. The zero-order chi connectivity index (χ0) is 20.7. The van der Waals surface area contributed by atoms with E-state index in [2.05, 4.69) is 20.0 Å². The van der Waals surface area contributed by atoms with Crippen LogP contribution in [0.1, 0.15) is 5.56 Å². The van der Waals surface area contributed by atoms with Gasteiger partial charge in [0.25, 0.3) is 10.0 Å². The first kappa shape index (κ1) is 18.5. The van der Waals surface area contributed by atoms with Gasteiger partial charge in [-0.05, 0) is 24.3 Å². The number of aliphatic imine (C=N–C) groups is 1. The first-order valence-electron chi connectivity index (χ1n) is 8.99. The van der Waals surface area contributed by atoms with Gasteiger partial charge in [0.1, 0.15) is 12.4 Å². The second-order valence-corrected chi connectivity index (χ2v) is 9.13. The van der Waals surface area contributed by atoms with Crippen LogP contribution >= 0.6 is 11.3 Å². The molecule has 10 heteroatoms. The lowest BCUT2D eigenvalue weighted by Gasteiger charge is -2.05. The number of imidazole rings is 1. The number of thiazole rings is 1. The monoisotopic (exact) mass is 437 g/mol. The molecule has 0 unspecified atom stereocenters. The van der Waals surface area contributed by atoms with E-state index in [4.69, 9.17) is 0 Å². The van der Waals surface area contributed by atoms with Crippen LogP contribution in [0.15, 0.2) is 76.2 Å². The first-order valence-corrected chi connectivity index (χ1v) is 11.3. The lowest BCUT2D eigenvalue weighted by molar-refractivity contribution is -0.114. The van der Waals surface area contributed by atoms with Gasteiger partial charge >= 0.3 is 0 Å². The number of amides is 1. The summed E-state index contributed by atoms with van der Waals surface area (Å²) in [6, 6.07) is 13.9. The standard InChI is InChI=1S/C20H15N5O3S2/c26-18(11-21-19-15-3-1-2-4-17(15)30(27,28)24-19)22-14-7-5-13(6-8-14)16-12-25-9-10-29-20(25)23-16/h1-10,12H,11H2,(H,21,24)(H,22,26). The summed E-state index contributed by atoms with van der Waals surface area (Å²) in [5, 5.41) is 4.74. The molecule has 1 aliphatic rings. The number of benzene rings is 2. The van der Waals surface area contributed by atoms with Gasteiger partial charge in [0, 0.05) is 34.6 Å². The van der Waals surface area contributed by atoms with Crippen LogP contribution in [0.25, 0.3) is 16.2 Å². The maximum absolute atomic E-state index is 12.3. The number of hydrogen-bond acceptors (Lipinski definition) is 6. The van der Waals surface area contributed by atoms with Crippen molar-refractivity contribution in [3.05, 3.63) is 71.9 Å². The zero-order valence-corrected chi connectivity index (χ0v) is 17.1. The van der Waals surface area contributed by atoms with Crippen LogP contribution in [0, 0.1) is 0 Å². The summed E-state index contributed by atoms with van der Waals surface area (Å²) in [6.45, 7) is -0.203. The molecular weight excluding hydrogens is 422 g/mol. The number of aromatic nitrogens is 2. The molecule has 0 saturated heterocycles. The molecule has 0 aliphatic carbocycles. The van der Waals surface area contributed by atoms with Gasteiger partial charge in [-0.2, -0.15) is 0 Å². The zero-order valence-electron chi connectivity index (χ0n) is 15.4. The third-order valence-electron chi connectivity index (χ3n) is 4.60. The molecule has 0 saturated carbocycles. The maximum Gasteiger partial charge on any atom is 0.263 e. The Morgan fingerprint density at radius 2 is 1.97 bits per heavy atom. The van der Waals surface area contributed by atoms with Crippen molar-refractivity contribution in [2.75, 3.05) is 11.9 Å². The average molecular weight is 438 g/mol. The van der Waals surface area contributed by atoms with Crippen LogP contribution in [0.2, 0.25) is 0 Å². The Bertz CT molecular complexity index is 1370. The number of rotatable bonds is 4. The molecule has 30 heavy (non-hydrogen) atoms. The van der Waals surface area contributed by atoms with Gasteiger partial charge in [-0.1, -0.05) is 24.3 Å². The van der Waals surface area contributed by atoms with Crippen molar-refractivity contribution >= 4 is 43.8 Å². The van der Waals surface area contributed by atoms with E-state index >= 15 is 0 Å². The number of amidine groups is 1. The number of fused-ring (bicyclic) bond motifs is 2. The van der Waals surface area contributed by atoms with Crippen molar-refractivity contribution in [2.45, 2.75) is 4.90 Å². The minimum Gasteiger partial charge on any atom is -0.324 e. The summed E-state index contributed by atoms with van der Waals surface area (Å²) in [6.07, 6.45) is 3.91. The van der Waals surface area contributed by atoms with Crippen molar-refractivity contribution in [3.8, 4) is 11.3 Å². The quantitative estimate of drug-likeness (QED) is 0.512. The molecule has 2 N–H and O–H groups in total. The molecule has 0 fully saturated rings. The minimum absolute atomic E-state index is 0.166. The van der Waals surface area contributed by atoms with Gasteiger partial charge in [-0.15, -0.1) is 11.3 Å². The summed E-state index contributed by atoms with van der Waals surface area (Å²) in [7, 11) is -3.62. The lowest BCUT2D eigenvalue weighted by Crippen LogP contribution is -2.24. The maximum atomic E-state index is 12.3. The normalized spacial score (nSPS) is 15.8. The summed E-state index contributed by atoms with van der Waals surface area (Å²) in [5.74, 6) is -0.169. The lowest BCUT2D eigenvalue weighted by atomic mass is 10.1. The highest BCUT2D eigenvalue weighted by molar-refractivity contribution is 7.90. The number of nitrogens with zero attached hydrogens (tertiary/aromatic N) is 3. The molecule has 0 atom stereocenters. The van der Waals surface area contributed by atoms with Gasteiger partial charge in [0.2, 0.25) is 5.91 Å². The summed E-state index contributed by atoms with van der Waals surface area (Å²) >= 11 is 1.57. The summed E-state index contributed by atoms with van der Waals surface area (Å²) in [5.41, 5.74) is 2.89. The Kier molecular flexibility index (Phi) is 4.37. The Hall–Kier alpha value is -3.50. The summed E-state index contributed by atoms with van der Waals surface area (Å²) in [4.78, 5) is 22.1. The molecule has 3 heterocycles. The molecule has 8 nitrogen and oxygen atoms in total. The fourth-order valence-corrected chi connectivity index (χ4v) is 5.14. The Labute approximate surface area is 176 Å². The molecule has 5 rings (SSSR count). The van der Waals surface area contributed by atoms with Crippen LogP contribution in [0.5, 0.6) is 0 Å². The number of hydrogen-bond donors (Lipinski definition) is 2. The van der Waals surface area contributed by atoms with Crippen molar-refractivity contribution in [1.82, 2.24) is 14.1 Å². The second kappa shape index (κ2) is 7.08.